The molecule has 2 heterocycles. The summed E-state index contributed by atoms with van der Waals surface area (Å²) in [6, 6.07) is 15.4. The maximum atomic E-state index is 12.5. The van der Waals surface area contributed by atoms with Crippen molar-refractivity contribution in [3.05, 3.63) is 70.2 Å². The molecule has 0 saturated carbocycles. The first-order chi connectivity index (χ1) is 13.2. The number of carbonyl (C=O) groups excluding carboxylic acids is 1. The molecule has 0 bridgehead atoms. The van der Waals surface area contributed by atoms with Crippen molar-refractivity contribution >= 4 is 28.8 Å². The molecule has 0 atom stereocenters. The van der Waals surface area contributed by atoms with E-state index in [4.69, 9.17) is 16.3 Å². The van der Waals surface area contributed by atoms with Crippen LogP contribution in [-0.2, 0) is 6.61 Å². The van der Waals surface area contributed by atoms with E-state index >= 15 is 0 Å². The highest BCUT2D eigenvalue weighted by Crippen LogP contribution is 2.28. The predicted octanol–water partition coefficient (Wildman–Crippen LogP) is 5.28. The maximum Gasteiger partial charge on any atom is 0.273 e. The third kappa shape index (κ3) is 4.31. The van der Waals surface area contributed by atoms with Gasteiger partial charge in [0.25, 0.3) is 5.91 Å². The minimum atomic E-state index is 0.0309. The van der Waals surface area contributed by atoms with E-state index in [1.807, 2.05) is 58.8 Å². The SMILES string of the molecule is O=C(c1csc(-c2cccc(OCc3cccc(Cl)c3)c2)n1)N1CCCC1. The third-order valence-electron chi connectivity index (χ3n) is 4.49. The standard InChI is InChI=1S/C21H19ClN2O2S/c22-17-7-3-5-15(11-17)13-26-18-8-4-6-16(12-18)20-23-19(14-27-20)21(25)24-9-1-2-10-24/h3-8,11-12,14H,1-2,9-10,13H2. The van der Waals surface area contributed by atoms with Gasteiger partial charge >= 0.3 is 0 Å². The lowest BCUT2D eigenvalue weighted by Crippen LogP contribution is -2.27. The molecule has 4 rings (SSSR count). The summed E-state index contributed by atoms with van der Waals surface area (Å²) in [5.41, 5.74) is 2.49. The third-order valence-corrected chi connectivity index (χ3v) is 5.62. The van der Waals surface area contributed by atoms with Gasteiger partial charge in [0.2, 0.25) is 0 Å². The molecule has 0 aliphatic carbocycles. The Morgan fingerprint density at radius 2 is 1.96 bits per heavy atom. The average Bonchev–Trinajstić information content (AvgIpc) is 3.38. The Hall–Kier alpha value is -2.37. The van der Waals surface area contributed by atoms with Crippen molar-refractivity contribution in [3.8, 4) is 16.3 Å². The molecule has 1 aliphatic rings. The van der Waals surface area contributed by atoms with Crippen molar-refractivity contribution in [1.82, 2.24) is 9.88 Å². The Morgan fingerprint density at radius 1 is 1.15 bits per heavy atom. The number of hydrogen-bond acceptors (Lipinski definition) is 4. The van der Waals surface area contributed by atoms with E-state index in [1.54, 1.807) is 0 Å². The fraction of sp³-hybridized carbons (Fsp3) is 0.238. The molecule has 0 radical (unpaired) electrons. The molecule has 138 valence electrons. The van der Waals surface area contributed by atoms with Crippen LogP contribution < -0.4 is 4.74 Å². The summed E-state index contributed by atoms with van der Waals surface area (Å²) in [6.45, 7) is 2.11. The summed E-state index contributed by atoms with van der Waals surface area (Å²) in [5.74, 6) is 0.790. The number of nitrogens with zero attached hydrogens (tertiary/aromatic N) is 2. The minimum absolute atomic E-state index is 0.0309. The van der Waals surface area contributed by atoms with Gasteiger partial charge in [-0.3, -0.25) is 4.79 Å². The molecule has 0 unspecified atom stereocenters. The zero-order valence-corrected chi connectivity index (χ0v) is 16.3. The van der Waals surface area contributed by atoms with E-state index in [1.165, 1.54) is 11.3 Å². The first-order valence-corrected chi connectivity index (χ1v) is 10.2. The van der Waals surface area contributed by atoms with Crippen molar-refractivity contribution in [3.63, 3.8) is 0 Å². The number of amides is 1. The van der Waals surface area contributed by atoms with E-state index < -0.39 is 0 Å². The molecular weight excluding hydrogens is 380 g/mol. The number of benzene rings is 2. The number of ether oxygens (including phenoxy) is 1. The number of hydrogen-bond donors (Lipinski definition) is 0. The fourth-order valence-corrected chi connectivity index (χ4v) is 4.10. The highest BCUT2D eigenvalue weighted by atomic mass is 35.5. The lowest BCUT2D eigenvalue weighted by Gasteiger charge is -2.12. The smallest absolute Gasteiger partial charge is 0.273 e. The van der Waals surface area contributed by atoms with Gasteiger partial charge in [-0.05, 0) is 42.7 Å². The number of aromatic nitrogens is 1. The van der Waals surface area contributed by atoms with E-state index in [2.05, 4.69) is 4.98 Å². The van der Waals surface area contributed by atoms with Crippen LogP contribution >= 0.6 is 22.9 Å². The van der Waals surface area contributed by atoms with E-state index in [9.17, 15) is 4.79 Å². The molecule has 27 heavy (non-hydrogen) atoms. The summed E-state index contributed by atoms with van der Waals surface area (Å²) >= 11 is 7.50. The van der Waals surface area contributed by atoms with Gasteiger partial charge in [0, 0.05) is 29.1 Å². The van der Waals surface area contributed by atoms with Gasteiger partial charge in [-0.2, -0.15) is 0 Å². The van der Waals surface area contributed by atoms with Crippen LogP contribution in [-0.4, -0.2) is 28.9 Å². The molecule has 1 amide bonds. The molecule has 0 spiro atoms. The summed E-state index contributed by atoms with van der Waals surface area (Å²) in [4.78, 5) is 18.9. The number of thiazole rings is 1. The highest BCUT2D eigenvalue weighted by molar-refractivity contribution is 7.13. The monoisotopic (exact) mass is 398 g/mol. The van der Waals surface area contributed by atoms with Gasteiger partial charge in [0.05, 0.1) is 0 Å². The van der Waals surface area contributed by atoms with Crippen LogP contribution in [0.25, 0.3) is 10.6 Å². The summed E-state index contributed by atoms with van der Waals surface area (Å²) in [6.07, 6.45) is 2.16. The van der Waals surface area contributed by atoms with Crippen molar-refractivity contribution < 1.29 is 9.53 Å². The quantitative estimate of drug-likeness (QED) is 0.587. The number of carbonyl (C=O) groups is 1. The van der Waals surface area contributed by atoms with Gasteiger partial charge in [-0.25, -0.2) is 4.98 Å². The van der Waals surface area contributed by atoms with Crippen molar-refractivity contribution in [2.24, 2.45) is 0 Å². The molecule has 2 aromatic carbocycles. The number of rotatable bonds is 5. The Kier molecular flexibility index (Phi) is 5.41. The lowest BCUT2D eigenvalue weighted by molar-refractivity contribution is 0.0788. The minimum Gasteiger partial charge on any atom is -0.489 e. The van der Waals surface area contributed by atoms with Crippen molar-refractivity contribution in [2.45, 2.75) is 19.4 Å². The first-order valence-electron chi connectivity index (χ1n) is 8.91. The second-order valence-electron chi connectivity index (χ2n) is 6.48. The van der Waals surface area contributed by atoms with E-state index in [-0.39, 0.29) is 5.91 Å². The van der Waals surface area contributed by atoms with Crippen LogP contribution in [0.2, 0.25) is 5.02 Å². The highest BCUT2D eigenvalue weighted by Gasteiger charge is 2.22. The van der Waals surface area contributed by atoms with Crippen LogP contribution in [0.1, 0.15) is 28.9 Å². The van der Waals surface area contributed by atoms with Gasteiger partial charge in [0.1, 0.15) is 23.1 Å². The molecule has 6 heteroatoms. The van der Waals surface area contributed by atoms with Crippen LogP contribution in [0, 0.1) is 0 Å². The van der Waals surface area contributed by atoms with Crippen molar-refractivity contribution in [2.75, 3.05) is 13.1 Å². The second-order valence-corrected chi connectivity index (χ2v) is 7.78. The van der Waals surface area contributed by atoms with Crippen LogP contribution in [0.3, 0.4) is 0 Å². The Labute approximate surface area is 167 Å². The molecule has 1 aliphatic heterocycles. The van der Waals surface area contributed by atoms with Crippen molar-refractivity contribution in [1.29, 1.82) is 0 Å². The average molecular weight is 399 g/mol. The Bertz CT molecular complexity index is 951. The topological polar surface area (TPSA) is 42.4 Å². The van der Waals surface area contributed by atoms with Crippen LogP contribution in [0.4, 0.5) is 0 Å². The zero-order valence-electron chi connectivity index (χ0n) is 14.7. The normalized spacial score (nSPS) is 13.7. The lowest BCUT2D eigenvalue weighted by atomic mass is 10.2. The number of likely N-dealkylation sites (tertiary alicyclic amines) is 1. The maximum absolute atomic E-state index is 12.5. The van der Waals surface area contributed by atoms with Gasteiger partial charge < -0.3 is 9.64 Å². The van der Waals surface area contributed by atoms with Gasteiger partial charge in [-0.1, -0.05) is 35.9 Å². The van der Waals surface area contributed by atoms with Crippen LogP contribution in [0.15, 0.2) is 53.9 Å². The fourth-order valence-electron chi connectivity index (χ4n) is 3.10. The van der Waals surface area contributed by atoms with Gasteiger partial charge in [-0.15, -0.1) is 11.3 Å². The summed E-state index contributed by atoms with van der Waals surface area (Å²) in [7, 11) is 0. The molecule has 1 saturated heterocycles. The number of halogens is 1. The molecule has 4 nitrogen and oxygen atoms in total. The van der Waals surface area contributed by atoms with Crippen LogP contribution in [0.5, 0.6) is 5.75 Å². The molecule has 3 aromatic rings. The Balaban J connectivity index is 1.46. The largest absolute Gasteiger partial charge is 0.489 e. The second kappa shape index (κ2) is 8.11. The molecule has 1 aromatic heterocycles. The van der Waals surface area contributed by atoms with E-state index in [0.717, 1.165) is 47.8 Å². The predicted molar refractivity (Wildman–Crippen MR) is 108 cm³/mol. The first kappa shape index (κ1) is 18.0. The molecule has 0 N–H and O–H groups in total. The zero-order chi connectivity index (χ0) is 18.6. The summed E-state index contributed by atoms with van der Waals surface area (Å²) < 4.78 is 5.89. The van der Waals surface area contributed by atoms with Gasteiger partial charge in [0.15, 0.2) is 0 Å². The Morgan fingerprint density at radius 3 is 2.78 bits per heavy atom. The summed E-state index contributed by atoms with van der Waals surface area (Å²) in [5, 5.41) is 3.36. The molecular formula is C21H19ClN2O2S. The molecule has 1 fully saturated rings. The van der Waals surface area contributed by atoms with E-state index in [0.29, 0.717) is 17.3 Å².